The molecule has 2 nitrogen and oxygen atoms in total. The summed E-state index contributed by atoms with van der Waals surface area (Å²) in [7, 11) is 0. The van der Waals surface area contributed by atoms with E-state index < -0.39 is 0 Å². The van der Waals surface area contributed by atoms with Crippen LogP contribution in [0.25, 0.3) is 0 Å². The van der Waals surface area contributed by atoms with Crippen molar-refractivity contribution in [1.82, 2.24) is 5.43 Å². The van der Waals surface area contributed by atoms with Gasteiger partial charge in [-0.25, -0.2) is 0 Å². The molecule has 0 bridgehead atoms. The van der Waals surface area contributed by atoms with Crippen LogP contribution >= 0.6 is 38.9 Å². The Kier molecular flexibility index (Phi) is 5.21. The van der Waals surface area contributed by atoms with E-state index in [1.54, 1.807) is 11.3 Å². The summed E-state index contributed by atoms with van der Waals surface area (Å²) in [4.78, 5) is 1.32. The zero-order valence-electron chi connectivity index (χ0n) is 9.70. The van der Waals surface area contributed by atoms with Crippen molar-refractivity contribution in [3.63, 3.8) is 0 Å². The van der Waals surface area contributed by atoms with Gasteiger partial charge in [-0.05, 0) is 58.6 Å². The molecule has 96 valence electrons. The van der Waals surface area contributed by atoms with Gasteiger partial charge in [0.25, 0.3) is 0 Å². The minimum atomic E-state index is 0.233. The highest BCUT2D eigenvalue weighted by molar-refractivity contribution is 9.11. The molecule has 0 amide bonds. The Hall–Kier alpha value is -0.390. The average Bonchev–Trinajstić information content (AvgIpc) is 2.77. The van der Waals surface area contributed by atoms with E-state index in [4.69, 9.17) is 17.4 Å². The van der Waals surface area contributed by atoms with Crippen LogP contribution in [0.1, 0.15) is 10.4 Å². The molecule has 0 aliphatic rings. The molecule has 0 aliphatic heterocycles. The first-order valence-corrected chi connectivity index (χ1v) is 7.61. The van der Waals surface area contributed by atoms with Crippen LogP contribution in [-0.2, 0) is 12.8 Å². The van der Waals surface area contributed by atoms with Crippen LogP contribution < -0.4 is 11.3 Å². The summed E-state index contributed by atoms with van der Waals surface area (Å²) >= 11 is 11.1. The van der Waals surface area contributed by atoms with Gasteiger partial charge in [-0.15, -0.1) is 11.3 Å². The summed E-state index contributed by atoms with van der Waals surface area (Å²) < 4.78 is 1.15. The van der Waals surface area contributed by atoms with Gasteiger partial charge in [0.2, 0.25) is 0 Å². The van der Waals surface area contributed by atoms with Crippen molar-refractivity contribution in [2.45, 2.75) is 18.9 Å². The molecule has 18 heavy (non-hydrogen) atoms. The predicted octanol–water partition coefficient (Wildman–Crippen LogP) is 3.78. The lowest BCUT2D eigenvalue weighted by atomic mass is 10.0. The van der Waals surface area contributed by atoms with Crippen molar-refractivity contribution in [2.24, 2.45) is 5.84 Å². The Bertz CT molecular complexity index is 498. The monoisotopic (exact) mass is 344 g/mol. The number of benzene rings is 1. The van der Waals surface area contributed by atoms with Crippen LogP contribution in [0.3, 0.4) is 0 Å². The first-order valence-electron chi connectivity index (χ1n) is 5.62. The highest BCUT2D eigenvalue weighted by Crippen LogP contribution is 2.23. The lowest BCUT2D eigenvalue weighted by Gasteiger charge is -2.15. The molecule has 0 radical (unpaired) electrons. The zero-order valence-corrected chi connectivity index (χ0v) is 12.9. The van der Waals surface area contributed by atoms with Crippen molar-refractivity contribution in [3.05, 3.63) is 55.6 Å². The fourth-order valence-corrected chi connectivity index (χ4v) is 3.49. The number of hydrazine groups is 1. The lowest BCUT2D eigenvalue weighted by molar-refractivity contribution is 0.526. The van der Waals surface area contributed by atoms with Gasteiger partial charge < -0.3 is 0 Å². The van der Waals surface area contributed by atoms with Gasteiger partial charge in [0, 0.05) is 15.9 Å². The second-order valence-corrected chi connectivity index (χ2v) is 7.09. The first kappa shape index (κ1) is 14.0. The third kappa shape index (κ3) is 4.07. The van der Waals surface area contributed by atoms with E-state index in [-0.39, 0.29) is 6.04 Å². The molecule has 5 heteroatoms. The third-order valence-corrected chi connectivity index (χ3v) is 4.61. The van der Waals surface area contributed by atoms with Crippen LogP contribution in [0.15, 0.2) is 40.2 Å². The highest BCUT2D eigenvalue weighted by atomic mass is 79.9. The van der Waals surface area contributed by atoms with Gasteiger partial charge in [-0.1, -0.05) is 23.7 Å². The number of nitrogens with two attached hydrogens (primary N) is 1. The molecule has 1 aromatic heterocycles. The average molecular weight is 346 g/mol. The largest absolute Gasteiger partial charge is 0.271 e. The topological polar surface area (TPSA) is 38.0 Å². The number of thiophene rings is 1. The van der Waals surface area contributed by atoms with Crippen LogP contribution in [0, 0.1) is 0 Å². The van der Waals surface area contributed by atoms with E-state index in [0.29, 0.717) is 0 Å². The van der Waals surface area contributed by atoms with E-state index in [1.165, 1.54) is 10.4 Å². The maximum absolute atomic E-state index is 5.87. The summed E-state index contributed by atoms with van der Waals surface area (Å²) in [5.74, 6) is 5.62. The first-order chi connectivity index (χ1) is 8.67. The SMILES string of the molecule is NNC(Cc1ccc(Cl)cc1)Cc1ccc(Br)s1. The summed E-state index contributed by atoms with van der Waals surface area (Å²) in [6, 6.07) is 12.3. The molecule has 1 heterocycles. The van der Waals surface area contributed by atoms with Crippen molar-refractivity contribution >= 4 is 38.9 Å². The van der Waals surface area contributed by atoms with Crippen molar-refractivity contribution in [2.75, 3.05) is 0 Å². The molecule has 2 rings (SSSR count). The quantitative estimate of drug-likeness (QED) is 0.639. The minimum Gasteiger partial charge on any atom is -0.271 e. The fraction of sp³-hybridized carbons (Fsp3) is 0.231. The van der Waals surface area contributed by atoms with Gasteiger partial charge in [0.05, 0.1) is 3.79 Å². The molecule has 1 unspecified atom stereocenters. The van der Waals surface area contributed by atoms with Crippen molar-refractivity contribution < 1.29 is 0 Å². The molecule has 1 aromatic carbocycles. The molecular weight excluding hydrogens is 332 g/mol. The number of hydrogen-bond acceptors (Lipinski definition) is 3. The van der Waals surface area contributed by atoms with E-state index >= 15 is 0 Å². The van der Waals surface area contributed by atoms with E-state index in [9.17, 15) is 0 Å². The lowest BCUT2D eigenvalue weighted by Crippen LogP contribution is -2.38. The molecule has 1 atom stereocenters. The standard InChI is InChI=1S/C13H14BrClN2S/c14-13-6-5-12(18-13)8-11(17-16)7-9-1-3-10(15)4-2-9/h1-6,11,17H,7-8,16H2. The number of nitrogens with one attached hydrogen (secondary N) is 1. The zero-order chi connectivity index (χ0) is 13.0. The van der Waals surface area contributed by atoms with Crippen LogP contribution in [0.2, 0.25) is 5.02 Å². The molecular formula is C13H14BrClN2S. The van der Waals surface area contributed by atoms with E-state index in [2.05, 4.69) is 33.5 Å². The smallest absolute Gasteiger partial charge is 0.0701 e. The predicted molar refractivity (Wildman–Crippen MR) is 82.0 cm³/mol. The molecule has 0 fully saturated rings. The molecule has 0 saturated carbocycles. The van der Waals surface area contributed by atoms with Crippen molar-refractivity contribution in [1.29, 1.82) is 0 Å². The maximum atomic E-state index is 5.87. The Balaban J connectivity index is 1.99. The normalized spacial score (nSPS) is 12.6. The fourth-order valence-electron chi connectivity index (χ4n) is 1.80. The second kappa shape index (κ2) is 6.68. The Morgan fingerprint density at radius 2 is 1.89 bits per heavy atom. The summed E-state index contributed by atoms with van der Waals surface area (Å²) in [6.45, 7) is 0. The van der Waals surface area contributed by atoms with Gasteiger partial charge in [0.15, 0.2) is 0 Å². The Labute approximate surface area is 124 Å². The van der Waals surface area contributed by atoms with Crippen molar-refractivity contribution in [3.8, 4) is 0 Å². The van der Waals surface area contributed by atoms with Crippen LogP contribution in [-0.4, -0.2) is 6.04 Å². The summed E-state index contributed by atoms with van der Waals surface area (Å²) in [5, 5.41) is 0.762. The highest BCUT2D eigenvalue weighted by Gasteiger charge is 2.10. The van der Waals surface area contributed by atoms with Gasteiger partial charge in [0.1, 0.15) is 0 Å². The van der Waals surface area contributed by atoms with Crippen LogP contribution in [0.4, 0.5) is 0 Å². The van der Waals surface area contributed by atoms with Crippen LogP contribution in [0.5, 0.6) is 0 Å². The molecule has 2 aromatic rings. The summed E-state index contributed by atoms with van der Waals surface area (Å²) in [5.41, 5.74) is 4.12. The maximum Gasteiger partial charge on any atom is 0.0701 e. The van der Waals surface area contributed by atoms with Gasteiger partial charge in [-0.3, -0.25) is 11.3 Å². The van der Waals surface area contributed by atoms with Gasteiger partial charge in [-0.2, -0.15) is 0 Å². The second-order valence-electron chi connectivity index (χ2n) is 4.10. The number of hydrogen-bond donors (Lipinski definition) is 2. The Morgan fingerprint density at radius 3 is 2.44 bits per heavy atom. The third-order valence-electron chi connectivity index (χ3n) is 2.71. The minimum absolute atomic E-state index is 0.233. The Morgan fingerprint density at radius 1 is 1.17 bits per heavy atom. The summed E-state index contributed by atoms with van der Waals surface area (Å²) in [6.07, 6.45) is 1.82. The van der Waals surface area contributed by atoms with E-state index in [1.807, 2.05) is 24.3 Å². The molecule has 3 N–H and O–H groups in total. The number of rotatable bonds is 5. The van der Waals surface area contributed by atoms with Gasteiger partial charge >= 0.3 is 0 Å². The van der Waals surface area contributed by atoms with E-state index in [0.717, 1.165) is 21.7 Å². The molecule has 0 spiro atoms. The molecule has 0 saturated heterocycles. The molecule has 0 aliphatic carbocycles. The number of halogens is 2.